The number of amides is 1. The van der Waals surface area contributed by atoms with E-state index in [0.29, 0.717) is 55.0 Å². The second kappa shape index (κ2) is 8.77. The number of hydrogen-bond donors (Lipinski definition) is 1. The number of rotatable bonds is 5. The van der Waals surface area contributed by atoms with Crippen LogP contribution < -0.4 is 10.2 Å². The first-order valence-electron chi connectivity index (χ1n) is 9.85. The Morgan fingerprint density at radius 3 is 2.55 bits per heavy atom. The number of nitrogens with zero attached hydrogens (tertiary/aromatic N) is 5. The fourth-order valence-electron chi connectivity index (χ4n) is 3.63. The largest absolute Gasteiger partial charge is 0.354 e. The lowest BCUT2D eigenvalue weighted by Gasteiger charge is -2.35. The number of nitriles is 1. The highest BCUT2D eigenvalue weighted by molar-refractivity contribution is 5.92. The number of piperazine rings is 1. The van der Waals surface area contributed by atoms with Crippen LogP contribution >= 0.6 is 0 Å². The summed E-state index contributed by atoms with van der Waals surface area (Å²) in [4.78, 5) is 31.6. The minimum absolute atomic E-state index is 0.0585. The van der Waals surface area contributed by atoms with Crippen molar-refractivity contribution < 1.29 is 9.72 Å². The zero-order valence-corrected chi connectivity index (χ0v) is 16.7. The number of non-ortho nitro benzene ring substituents is 1. The maximum absolute atomic E-state index is 12.3. The number of benzene rings is 2. The van der Waals surface area contributed by atoms with Crippen molar-refractivity contribution in [3.8, 4) is 6.07 Å². The highest BCUT2D eigenvalue weighted by Gasteiger charge is 2.21. The normalized spacial score (nSPS) is 14.2. The Morgan fingerprint density at radius 2 is 1.87 bits per heavy atom. The highest BCUT2D eigenvalue weighted by Crippen LogP contribution is 2.26. The van der Waals surface area contributed by atoms with Gasteiger partial charge < -0.3 is 10.2 Å². The lowest BCUT2D eigenvalue weighted by Crippen LogP contribution is -2.49. The number of para-hydroxylation sites is 1. The predicted octanol–water partition coefficient (Wildman–Crippen LogP) is 2.78. The van der Waals surface area contributed by atoms with Crippen LogP contribution in [0.5, 0.6) is 0 Å². The number of pyridine rings is 1. The molecule has 1 aliphatic rings. The minimum Gasteiger partial charge on any atom is -0.354 e. The third kappa shape index (κ3) is 4.60. The molecule has 1 amide bonds. The lowest BCUT2D eigenvalue weighted by molar-refractivity contribution is -0.384. The van der Waals surface area contributed by atoms with E-state index in [1.807, 2.05) is 30.3 Å². The topological polar surface area (TPSA) is 115 Å². The van der Waals surface area contributed by atoms with E-state index in [-0.39, 0.29) is 11.6 Å². The van der Waals surface area contributed by atoms with E-state index in [0.717, 1.165) is 5.69 Å². The first-order valence-corrected chi connectivity index (χ1v) is 9.85. The maximum atomic E-state index is 12.3. The van der Waals surface area contributed by atoms with Crippen molar-refractivity contribution in [2.45, 2.75) is 0 Å². The Kier molecular flexibility index (Phi) is 5.73. The zero-order chi connectivity index (χ0) is 21.8. The molecule has 0 unspecified atom stereocenters. The summed E-state index contributed by atoms with van der Waals surface area (Å²) in [6, 6.07) is 17.5. The van der Waals surface area contributed by atoms with Gasteiger partial charge in [-0.2, -0.15) is 5.26 Å². The van der Waals surface area contributed by atoms with Gasteiger partial charge in [0, 0.05) is 49.4 Å². The number of fused-ring (bicyclic) bond motifs is 1. The van der Waals surface area contributed by atoms with Crippen LogP contribution in [0, 0.1) is 21.4 Å². The van der Waals surface area contributed by atoms with E-state index in [4.69, 9.17) is 0 Å². The molecule has 0 radical (unpaired) electrons. The van der Waals surface area contributed by atoms with Crippen molar-refractivity contribution in [1.82, 2.24) is 9.88 Å². The second-order valence-corrected chi connectivity index (χ2v) is 7.28. The lowest BCUT2D eigenvalue weighted by atomic mass is 10.1. The molecule has 2 heterocycles. The molecule has 0 spiro atoms. The summed E-state index contributed by atoms with van der Waals surface area (Å²) in [7, 11) is 0. The molecular weight excluding hydrogens is 396 g/mol. The van der Waals surface area contributed by atoms with E-state index in [1.54, 1.807) is 12.1 Å². The van der Waals surface area contributed by atoms with Crippen molar-refractivity contribution in [2.75, 3.05) is 42.9 Å². The number of nitro groups is 1. The van der Waals surface area contributed by atoms with Crippen molar-refractivity contribution in [3.05, 3.63) is 70.3 Å². The molecule has 9 nitrogen and oxygen atoms in total. The van der Waals surface area contributed by atoms with Crippen molar-refractivity contribution in [2.24, 2.45) is 0 Å². The molecule has 1 aliphatic heterocycles. The van der Waals surface area contributed by atoms with Crippen molar-refractivity contribution >= 4 is 34.0 Å². The fourth-order valence-corrected chi connectivity index (χ4v) is 3.63. The fraction of sp³-hybridized carbons (Fsp3) is 0.227. The minimum atomic E-state index is -0.484. The Morgan fingerprint density at radius 1 is 1.13 bits per heavy atom. The van der Waals surface area contributed by atoms with Gasteiger partial charge in [-0.15, -0.1) is 0 Å². The number of anilines is 2. The molecule has 0 atom stereocenters. The van der Waals surface area contributed by atoms with Gasteiger partial charge in [-0.1, -0.05) is 18.2 Å². The molecule has 31 heavy (non-hydrogen) atoms. The van der Waals surface area contributed by atoms with Crippen LogP contribution in [0.15, 0.2) is 54.6 Å². The number of nitro benzene ring substituents is 1. The molecule has 4 rings (SSSR count). The highest BCUT2D eigenvalue weighted by atomic mass is 16.6. The summed E-state index contributed by atoms with van der Waals surface area (Å²) < 4.78 is 0. The van der Waals surface area contributed by atoms with Crippen LogP contribution in [0.2, 0.25) is 0 Å². The quantitative estimate of drug-likeness (QED) is 0.502. The Balaban J connectivity index is 1.42. The van der Waals surface area contributed by atoms with Gasteiger partial charge in [0.2, 0.25) is 5.91 Å². The molecule has 1 fully saturated rings. The third-order valence-electron chi connectivity index (χ3n) is 5.23. The van der Waals surface area contributed by atoms with E-state index >= 15 is 0 Å². The van der Waals surface area contributed by atoms with Crippen LogP contribution in [0.3, 0.4) is 0 Å². The second-order valence-electron chi connectivity index (χ2n) is 7.28. The number of carbonyl (C=O) groups is 1. The van der Waals surface area contributed by atoms with Crippen LogP contribution in [0.1, 0.15) is 5.56 Å². The number of nitrogens with one attached hydrogen (secondary N) is 1. The first-order chi connectivity index (χ1) is 15.0. The third-order valence-corrected chi connectivity index (χ3v) is 5.23. The maximum Gasteiger partial charge on any atom is 0.270 e. The molecule has 3 aromatic rings. The van der Waals surface area contributed by atoms with Gasteiger partial charge in [-0.3, -0.25) is 19.8 Å². The van der Waals surface area contributed by atoms with Crippen LogP contribution in [-0.4, -0.2) is 53.4 Å². The molecule has 2 aromatic carbocycles. The van der Waals surface area contributed by atoms with Crippen LogP contribution in [0.25, 0.3) is 10.9 Å². The van der Waals surface area contributed by atoms with Gasteiger partial charge in [0.15, 0.2) is 0 Å². The molecule has 0 aliphatic carbocycles. The van der Waals surface area contributed by atoms with E-state index in [2.05, 4.69) is 26.2 Å². The van der Waals surface area contributed by atoms with Crippen LogP contribution in [-0.2, 0) is 4.79 Å². The SMILES string of the molecule is N#Cc1cc(N2CCN(CC(=O)Nc3ccccc3)CC2)nc2ccc([N+](=O)[O-])cc12. The molecule has 0 bridgehead atoms. The van der Waals surface area contributed by atoms with E-state index < -0.39 is 4.92 Å². The number of hydrogen-bond acceptors (Lipinski definition) is 7. The summed E-state index contributed by atoms with van der Waals surface area (Å²) in [5.74, 6) is 0.600. The van der Waals surface area contributed by atoms with Crippen molar-refractivity contribution in [1.29, 1.82) is 5.26 Å². The van der Waals surface area contributed by atoms with Gasteiger partial charge in [0.25, 0.3) is 5.69 Å². The van der Waals surface area contributed by atoms with Crippen molar-refractivity contribution in [3.63, 3.8) is 0 Å². The smallest absolute Gasteiger partial charge is 0.270 e. The molecule has 9 heteroatoms. The average Bonchev–Trinajstić information content (AvgIpc) is 2.79. The molecule has 0 saturated carbocycles. The van der Waals surface area contributed by atoms with Crippen LogP contribution in [0.4, 0.5) is 17.2 Å². The Labute approximate surface area is 178 Å². The predicted molar refractivity (Wildman–Crippen MR) is 117 cm³/mol. The molecule has 1 aromatic heterocycles. The van der Waals surface area contributed by atoms with Gasteiger partial charge in [-0.25, -0.2) is 4.98 Å². The standard InChI is InChI=1S/C22H20N6O3/c23-14-16-12-21(25-20-7-6-18(28(30)31)13-19(16)20)27-10-8-26(9-11-27)15-22(29)24-17-4-2-1-3-5-17/h1-7,12-13H,8-11,15H2,(H,24,29). The summed E-state index contributed by atoms with van der Waals surface area (Å²) >= 11 is 0. The van der Waals surface area contributed by atoms with E-state index in [9.17, 15) is 20.2 Å². The summed E-state index contributed by atoms with van der Waals surface area (Å²) in [6.07, 6.45) is 0. The Bertz CT molecular complexity index is 1170. The summed E-state index contributed by atoms with van der Waals surface area (Å²) in [5, 5.41) is 23.9. The number of aromatic nitrogens is 1. The monoisotopic (exact) mass is 416 g/mol. The van der Waals surface area contributed by atoms with Gasteiger partial charge in [0.05, 0.1) is 28.6 Å². The average molecular weight is 416 g/mol. The molecule has 1 N–H and O–H groups in total. The Hall–Kier alpha value is -4.03. The molecular formula is C22H20N6O3. The summed E-state index contributed by atoms with van der Waals surface area (Å²) in [5.41, 5.74) is 1.61. The van der Waals surface area contributed by atoms with Gasteiger partial charge in [0.1, 0.15) is 5.82 Å². The van der Waals surface area contributed by atoms with Gasteiger partial charge >= 0.3 is 0 Å². The summed E-state index contributed by atoms with van der Waals surface area (Å²) in [6.45, 7) is 3.00. The molecule has 1 saturated heterocycles. The number of carbonyl (C=O) groups excluding carboxylic acids is 1. The zero-order valence-electron chi connectivity index (χ0n) is 16.7. The molecule has 156 valence electrons. The van der Waals surface area contributed by atoms with E-state index in [1.165, 1.54) is 12.1 Å². The first kappa shape index (κ1) is 20.3. The van der Waals surface area contributed by atoms with Gasteiger partial charge in [-0.05, 0) is 24.3 Å².